The number of hydrogen-bond acceptors (Lipinski definition) is 7. The minimum Gasteiger partial charge on any atom is -0.475 e. The second kappa shape index (κ2) is 9.41. The summed E-state index contributed by atoms with van der Waals surface area (Å²) in [7, 11) is 0. The normalized spacial score (nSPS) is 31.5. The van der Waals surface area contributed by atoms with E-state index in [1.54, 1.807) is 11.1 Å². The molecule has 3 saturated heterocycles. The molecule has 6 atom stereocenters. The summed E-state index contributed by atoms with van der Waals surface area (Å²) in [4.78, 5) is 46.7. The molecule has 1 aliphatic carbocycles. The highest BCUT2D eigenvalue weighted by Crippen LogP contribution is 2.48. The van der Waals surface area contributed by atoms with Crippen LogP contribution < -0.4 is 5.73 Å². The van der Waals surface area contributed by atoms with Crippen molar-refractivity contribution in [1.82, 2.24) is 19.8 Å². The number of carbonyl (C=O) groups is 3. The number of nitriles is 1. The molecular formula is C22H25F3N6O4. The van der Waals surface area contributed by atoms with Crippen LogP contribution in [0.2, 0.25) is 0 Å². The molecule has 3 N–H and O–H groups in total. The Kier molecular flexibility index (Phi) is 6.68. The quantitative estimate of drug-likeness (QED) is 0.638. The number of alkyl halides is 3. The van der Waals surface area contributed by atoms with Crippen LogP contribution in [0.15, 0.2) is 18.6 Å². The van der Waals surface area contributed by atoms with Gasteiger partial charge in [0.25, 0.3) is 5.91 Å². The molecule has 3 aliphatic heterocycles. The molecule has 2 unspecified atom stereocenters. The van der Waals surface area contributed by atoms with E-state index in [4.69, 9.17) is 15.6 Å². The zero-order valence-electron chi connectivity index (χ0n) is 18.6. The first-order valence-electron chi connectivity index (χ1n) is 11.4. The Labute approximate surface area is 198 Å². The van der Waals surface area contributed by atoms with Gasteiger partial charge in [0.2, 0.25) is 5.91 Å². The van der Waals surface area contributed by atoms with Crippen LogP contribution in [0.5, 0.6) is 0 Å². The Morgan fingerprint density at radius 2 is 1.74 bits per heavy atom. The number of carboxylic acid groups (broad SMARTS) is 1. The third-order valence-corrected chi connectivity index (χ3v) is 7.33. The lowest BCUT2D eigenvalue weighted by Crippen LogP contribution is -2.55. The summed E-state index contributed by atoms with van der Waals surface area (Å²) in [5.74, 6) is -2.37. The number of piperidine rings is 2. The molecule has 0 spiro atoms. The van der Waals surface area contributed by atoms with Crippen LogP contribution in [0.1, 0.15) is 49.0 Å². The van der Waals surface area contributed by atoms with Gasteiger partial charge in [0.15, 0.2) is 0 Å². The molecule has 1 saturated carbocycles. The Morgan fingerprint density at radius 1 is 1.11 bits per heavy atom. The SMILES string of the molecule is N#C[C@H]1C[C@H]2C[C@H]2N1C(=O)[C@H](N)C1CC2CCC(C1)N2C(=O)c1cnccn1.O=C(O)C(F)(F)F. The van der Waals surface area contributed by atoms with Gasteiger partial charge in [0.05, 0.1) is 18.3 Å². The highest BCUT2D eigenvalue weighted by molar-refractivity contribution is 5.92. The number of carbonyl (C=O) groups excluding carboxylic acids is 2. The van der Waals surface area contributed by atoms with E-state index in [0.717, 1.165) is 38.5 Å². The van der Waals surface area contributed by atoms with Gasteiger partial charge < -0.3 is 20.6 Å². The van der Waals surface area contributed by atoms with E-state index < -0.39 is 18.2 Å². The number of likely N-dealkylation sites (tertiary alicyclic amines) is 1. The minimum absolute atomic E-state index is 0.0491. The molecule has 0 radical (unpaired) electrons. The number of aliphatic carboxylic acids is 1. The maximum atomic E-state index is 13.1. The first-order valence-corrected chi connectivity index (χ1v) is 11.4. The summed E-state index contributed by atoms with van der Waals surface area (Å²) in [5, 5.41) is 16.5. The fourth-order valence-corrected chi connectivity index (χ4v) is 5.65. The number of rotatable bonds is 3. The molecule has 1 aromatic rings. The first-order chi connectivity index (χ1) is 16.5. The summed E-state index contributed by atoms with van der Waals surface area (Å²) < 4.78 is 31.7. The topological polar surface area (TPSA) is 154 Å². The molecule has 4 heterocycles. The van der Waals surface area contributed by atoms with Crippen molar-refractivity contribution in [3.05, 3.63) is 24.3 Å². The largest absolute Gasteiger partial charge is 0.490 e. The Morgan fingerprint density at radius 3 is 2.26 bits per heavy atom. The number of amides is 2. The second-order valence-electron chi connectivity index (χ2n) is 9.44. The van der Waals surface area contributed by atoms with Crippen LogP contribution in [-0.4, -0.2) is 79.0 Å². The Hall–Kier alpha value is -3.27. The monoisotopic (exact) mass is 494 g/mol. The van der Waals surface area contributed by atoms with Crippen LogP contribution in [-0.2, 0) is 9.59 Å². The van der Waals surface area contributed by atoms with Gasteiger partial charge in [-0.1, -0.05) is 0 Å². The van der Waals surface area contributed by atoms with Gasteiger partial charge in [0, 0.05) is 30.5 Å². The summed E-state index contributed by atoms with van der Waals surface area (Å²) >= 11 is 0. The zero-order chi connectivity index (χ0) is 25.5. The van der Waals surface area contributed by atoms with Crippen molar-refractivity contribution in [3.63, 3.8) is 0 Å². The van der Waals surface area contributed by atoms with Crippen molar-refractivity contribution in [1.29, 1.82) is 5.26 Å². The van der Waals surface area contributed by atoms with E-state index in [-0.39, 0.29) is 41.9 Å². The maximum Gasteiger partial charge on any atom is 0.490 e. The van der Waals surface area contributed by atoms with Crippen LogP contribution in [0, 0.1) is 23.2 Å². The molecule has 188 valence electrons. The smallest absolute Gasteiger partial charge is 0.475 e. The van der Waals surface area contributed by atoms with Crippen LogP contribution in [0.4, 0.5) is 13.2 Å². The molecule has 10 nitrogen and oxygen atoms in total. The second-order valence-corrected chi connectivity index (χ2v) is 9.44. The van der Waals surface area contributed by atoms with E-state index in [1.165, 1.54) is 12.4 Å². The Balaban J connectivity index is 0.000000364. The lowest BCUT2D eigenvalue weighted by atomic mass is 9.84. The highest BCUT2D eigenvalue weighted by atomic mass is 19.4. The number of halogens is 3. The van der Waals surface area contributed by atoms with Crippen molar-refractivity contribution in [2.45, 2.75) is 74.9 Å². The molecule has 4 aliphatic rings. The van der Waals surface area contributed by atoms with Crippen LogP contribution in [0.25, 0.3) is 0 Å². The van der Waals surface area contributed by atoms with Gasteiger partial charge in [-0.3, -0.25) is 14.6 Å². The zero-order valence-corrected chi connectivity index (χ0v) is 18.6. The van der Waals surface area contributed by atoms with Crippen molar-refractivity contribution in [2.75, 3.05) is 0 Å². The average Bonchev–Trinajstić information content (AvgIpc) is 3.42. The van der Waals surface area contributed by atoms with Crippen LogP contribution >= 0.6 is 0 Å². The Bertz CT molecular complexity index is 1020. The van der Waals surface area contributed by atoms with Crippen molar-refractivity contribution in [3.8, 4) is 6.07 Å². The van der Waals surface area contributed by atoms with Gasteiger partial charge in [-0.05, 0) is 50.4 Å². The number of hydrogen-bond donors (Lipinski definition) is 2. The van der Waals surface area contributed by atoms with Gasteiger partial charge in [-0.15, -0.1) is 0 Å². The maximum absolute atomic E-state index is 13.1. The predicted octanol–water partition coefficient (Wildman–Crippen LogP) is 1.33. The lowest BCUT2D eigenvalue weighted by Gasteiger charge is -2.41. The minimum atomic E-state index is -5.08. The molecule has 4 fully saturated rings. The molecule has 5 rings (SSSR count). The standard InChI is InChI=1S/C20H24N6O2.C2HF3O2/c21-9-15-5-11-8-17(11)26(15)20(28)18(22)12-6-13-1-2-14(7-12)25(13)19(27)16-10-23-3-4-24-16;3-2(4,5)1(6)7/h3-4,10-15,17-18H,1-2,5-8,22H2;(H,6,7)/t11-,12?,13?,14?,15+,17+,18+;/m0./s1. The van der Waals surface area contributed by atoms with Crippen molar-refractivity contribution >= 4 is 17.8 Å². The first kappa shape index (κ1) is 24.8. The van der Waals surface area contributed by atoms with E-state index in [2.05, 4.69) is 16.0 Å². The molecule has 2 amide bonds. The summed E-state index contributed by atoms with van der Waals surface area (Å²) in [5.41, 5.74) is 6.80. The number of carboxylic acids is 1. The molecular weight excluding hydrogens is 469 g/mol. The summed E-state index contributed by atoms with van der Waals surface area (Å²) in [6, 6.07) is 1.76. The third kappa shape index (κ3) is 4.93. The van der Waals surface area contributed by atoms with Gasteiger partial charge in [0.1, 0.15) is 11.7 Å². The molecule has 35 heavy (non-hydrogen) atoms. The van der Waals surface area contributed by atoms with Crippen LogP contribution in [0.3, 0.4) is 0 Å². The van der Waals surface area contributed by atoms with E-state index in [9.17, 15) is 28.0 Å². The van der Waals surface area contributed by atoms with E-state index >= 15 is 0 Å². The fourth-order valence-electron chi connectivity index (χ4n) is 5.65. The number of fused-ring (bicyclic) bond motifs is 3. The molecule has 1 aromatic heterocycles. The van der Waals surface area contributed by atoms with E-state index in [0.29, 0.717) is 11.6 Å². The van der Waals surface area contributed by atoms with Gasteiger partial charge >= 0.3 is 12.1 Å². The van der Waals surface area contributed by atoms with Gasteiger partial charge in [-0.2, -0.15) is 18.4 Å². The third-order valence-electron chi connectivity index (χ3n) is 7.33. The number of nitrogens with two attached hydrogens (primary N) is 1. The fraction of sp³-hybridized carbons (Fsp3) is 0.636. The summed E-state index contributed by atoms with van der Waals surface area (Å²) in [6.45, 7) is 0. The number of aromatic nitrogens is 2. The highest BCUT2D eigenvalue weighted by Gasteiger charge is 2.56. The van der Waals surface area contributed by atoms with Crippen molar-refractivity contribution in [2.24, 2.45) is 17.6 Å². The van der Waals surface area contributed by atoms with E-state index in [1.807, 2.05) is 4.90 Å². The lowest BCUT2D eigenvalue weighted by molar-refractivity contribution is -0.192. The average molecular weight is 494 g/mol. The molecule has 0 aromatic carbocycles. The predicted molar refractivity (Wildman–Crippen MR) is 112 cm³/mol. The molecule has 2 bridgehead atoms. The molecule has 13 heteroatoms. The van der Waals surface area contributed by atoms with Gasteiger partial charge in [-0.25, -0.2) is 9.78 Å². The van der Waals surface area contributed by atoms with Crippen molar-refractivity contribution < 1.29 is 32.7 Å². The number of nitrogens with zero attached hydrogens (tertiary/aromatic N) is 5. The summed E-state index contributed by atoms with van der Waals surface area (Å²) in [6.07, 6.45) is 4.63.